The number of hydrogen-bond donors (Lipinski definition) is 1. The lowest BCUT2D eigenvalue weighted by Gasteiger charge is -2.19. The summed E-state index contributed by atoms with van der Waals surface area (Å²) in [6.07, 6.45) is -4.52. The maximum absolute atomic E-state index is 12.9. The summed E-state index contributed by atoms with van der Waals surface area (Å²) in [5.41, 5.74) is 0.389. The van der Waals surface area contributed by atoms with E-state index in [1.807, 2.05) is 24.3 Å². The van der Waals surface area contributed by atoms with Crippen molar-refractivity contribution in [1.82, 2.24) is 4.90 Å². The largest absolute Gasteiger partial charge is 0.497 e. The van der Waals surface area contributed by atoms with E-state index in [0.717, 1.165) is 23.4 Å². The Balaban J connectivity index is 1.61. The third kappa shape index (κ3) is 6.91. The van der Waals surface area contributed by atoms with Crippen LogP contribution in [0.25, 0.3) is 0 Å². The predicted molar refractivity (Wildman–Crippen MR) is 127 cm³/mol. The number of methoxy groups -OCH3 is 2. The van der Waals surface area contributed by atoms with Crippen molar-refractivity contribution in [2.75, 3.05) is 33.2 Å². The lowest BCUT2D eigenvalue weighted by molar-refractivity contribution is -0.137. The summed E-state index contributed by atoms with van der Waals surface area (Å²) in [4.78, 5) is 26.6. The first-order valence-electron chi connectivity index (χ1n) is 10.8. The molecule has 0 spiro atoms. The molecule has 7 nitrogen and oxygen atoms in total. The minimum absolute atomic E-state index is 0.00812. The summed E-state index contributed by atoms with van der Waals surface area (Å²) < 4.78 is 54.5. The molecule has 0 radical (unpaired) electrons. The molecule has 36 heavy (non-hydrogen) atoms. The van der Waals surface area contributed by atoms with Crippen molar-refractivity contribution < 1.29 is 37.0 Å². The lowest BCUT2D eigenvalue weighted by Crippen LogP contribution is -2.26. The fourth-order valence-electron chi connectivity index (χ4n) is 3.33. The van der Waals surface area contributed by atoms with Crippen molar-refractivity contribution in [3.8, 4) is 17.2 Å². The van der Waals surface area contributed by atoms with E-state index < -0.39 is 24.3 Å². The van der Waals surface area contributed by atoms with Gasteiger partial charge in [-0.25, -0.2) is 0 Å². The average molecular weight is 502 g/mol. The molecule has 1 N–H and O–H groups in total. The van der Waals surface area contributed by atoms with E-state index in [1.54, 1.807) is 19.1 Å². The number of nitrogens with zero attached hydrogens (tertiary/aromatic N) is 1. The Labute approximate surface area is 206 Å². The smallest absolute Gasteiger partial charge is 0.416 e. The zero-order valence-electron chi connectivity index (χ0n) is 19.9. The van der Waals surface area contributed by atoms with Crippen LogP contribution in [0.3, 0.4) is 0 Å². The number of carbonyl (C=O) groups excluding carboxylic acids is 2. The van der Waals surface area contributed by atoms with E-state index in [1.165, 1.54) is 37.4 Å². The van der Waals surface area contributed by atoms with Crippen LogP contribution in [0.1, 0.15) is 21.5 Å². The van der Waals surface area contributed by atoms with Crippen LogP contribution in [0.5, 0.6) is 17.2 Å². The third-order valence-corrected chi connectivity index (χ3v) is 5.17. The van der Waals surface area contributed by atoms with Gasteiger partial charge in [0.1, 0.15) is 5.75 Å². The molecule has 3 aromatic carbocycles. The molecule has 0 aliphatic rings. The van der Waals surface area contributed by atoms with Gasteiger partial charge in [0, 0.05) is 24.8 Å². The van der Waals surface area contributed by atoms with E-state index in [9.17, 15) is 22.8 Å². The van der Waals surface area contributed by atoms with Gasteiger partial charge in [0.15, 0.2) is 18.1 Å². The Morgan fingerprint density at radius 3 is 2.28 bits per heavy atom. The van der Waals surface area contributed by atoms with Gasteiger partial charge in [-0.3, -0.25) is 9.59 Å². The number of alkyl halides is 3. The van der Waals surface area contributed by atoms with E-state index in [4.69, 9.17) is 14.2 Å². The summed E-state index contributed by atoms with van der Waals surface area (Å²) in [6, 6.07) is 16.2. The minimum atomic E-state index is -4.52. The van der Waals surface area contributed by atoms with Gasteiger partial charge in [-0.2, -0.15) is 13.2 Å². The number of amides is 2. The molecule has 0 heterocycles. The van der Waals surface area contributed by atoms with Crippen LogP contribution >= 0.6 is 0 Å². The topological polar surface area (TPSA) is 77.1 Å². The van der Waals surface area contributed by atoms with Gasteiger partial charge in [-0.1, -0.05) is 18.2 Å². The van der Waals surface area contributed by atoms with Gasteiger partial charge >= 0.3 is 6.18 Å². The number of carbonyl (C=O) groups is 2. The van der Waals surface area contributed by atoms with Gasteiger partial charge < -0.3 is 24.4 Å². The zero-order valence-corrected chi connectivity index (χ0v) is 19.9. The van der Waals surface area contributed by atoms with Gasteiger partial charge in [0.25, 0.3) is 11.8 Å². The maximum Gasteiger partial charge on any atom is 0.416 e. The number of rotatable bonds is 9. The molecule has 0 bridgehead atoms. The highest BCUT2D eigenvalue weighted by atomic mass is 19.4. The Bertz CT molecular complexity index is 1210. The van der Waals surface area contributed by atoms with Crippen molar-refractivity contribution in [2.45, 2.75) is 12.7 Å². The minimum Gasteiger partial charge on any atom is -0.497 e. The molecule has 3 aromatic rings. The molecule has 0 aliphatic carbocycles. The monoisotopic (exact) mass is 502 g/mol. The van der Waals surface area contributed by atoms with Gasteiger partial charge in [0.2, 0.25) is 0 Å². The lowest BCUT2D eigenvalue weighted by atomic mass is 10.1. The first-order valence-corrected chi connectivity index (χ1v) is 10.8. The Kier molecular flexibility index (Phi) is 8.42. The number of benzene rings is 3. The van der Waals surface area contributed by atoms with Crippen molar-refractivity contribution in [1.29, 1.82) is 0 Å². The van der Waals surface area contributed by atoms with Gasteiger partial charge in [-0.05, 0) is 54.1 Å². The average Bonchev–Trinajstić information content (AvgIpc) is 2.87. The van der Waals surface area contributed by atoms with Crippen LogP contribution in [0.15, 0.2) is 66.7 Å². The molecule has 0 saturated carbocycles. The van der Waals surface area contributed by atoms with Crippen molar-refractivity contribution in [3.63, 3.8) is 0 Å². The molecule has 0 atom stereocenters. The summed E-state index contributed by atoms with van der Waals surface area (Å²) in [6.45, 7) is -0.101. The number of anilines is 1. The van der Waals surface area contributed by atoms with Crippen molar-refractivity contribution in [2.24, 2.45) is 0 Å². The molecule has 0 aliphatic heterocycles. The molecule has 0 aromatic heterocycles. The van der Waals surface area contributed by atoms with E-state index >= 15 is 0 Å². The number of halogens is 3. The van der Waals surface area contributed by atoms with Crippen molar-refractivity contribution >= 4 is 17.5 Å². The second kappa shape index (κ2) is 11.5. The molecule has 190 valence electrons. The summed E-state index contributed by atoms with van der Waals surface area (Å²) in [7, 11) is 4.63. The number of hydrogen-bond acceptors (Lipinski definition) is 5. The summed E-state index contributed by atoms with van der Waals surface area (Å²) in [5.74, 6) is 0.238. The fraction of sp³-hybridized carbons (Fsp3) is 0.231. The van der Waals surface area contributed by atoms with Crippen LogP contribution in [0.2, 0.25) is 0 Å². The van der Waals surface area contributed by atoms with Crippen LogP contribution < -0.4 is 19.5 Å². The van der Waals surface area contributed by atoms with E-state index in [2.05, 4.69) is 5.32 Å². The number of ether oxygens (including phenoxy) is 3. The highest BCUT2D eigenvalue weighted by molar-refractivity contribution is 5.95. The molecule has 0 unspecified atom stereocenters. The first-order chi connectivity index (χ1) is 17.1. The van der Waals surface area contributed by atoms with Gasteiger partial charge in [-0.15, -0.1) is 0 Å². The molecule has 10 heteroatoms. The molecular weight excluding hydrogens is 477 g/mol. The van der Waals surface area contributed by atoms with Crippen LogP contribution in [0, 0.1) is 0 Å². The van der Waals surface area contributed by atoms with E-state index in [-0.39, 0.29) is 23.1 Å². The molecule has 3 rings (SSSR count). The van der Waals surface area contributed by atoms with E-state index in [0.29, 0.717) is 12.1 Å². The second-order valence-electron chi connectivity index (χ2n) is 7.79. The van der Waals surface area contributed by atoms with Crippen LogP contribution in [-0.4, -0.2) is 44.6 Å². The maximum atomic E-state index is 12.9. The highest BCUT2D eigenvalue weighted by Gasteiger charge is 2.30. The SMILES string of the molecule is COc1ccc(CN(C)C(=O)c2ccc(OCC(=O)Nc3cccc(C(F)(F)F)c3)c(OC)c2)cc1. The van der Waals surface area contributed by atoms with Crippen LogP contribution in [-0.2, 0) is 17.5 Å². The molecule has 0 saturated heterocycles. The Morgan fingerprint density at radius 1 is 0.917 bits per heavy atom. The Morgan fingerprint density at radius 2 is 1.64 bits per heavy atom. The summed E-state index contributed by atoms with van der Waals surface area (Å²) >= 11 is 0. The fourth-order valence-corrected chi connectivity index (χ4v) is 3.33. The quantitative estimate of drug-likeness (QED) is 0.445. The van der Waals surface area contributed by atoms with Crippen molar-refractivity contribution in [3.05, 3.63) is 83.4 Å². The highest BCUT2D eigenvalue weighted by Crippen LogP contribution is 2.31. The predicted octanol–water partition coefficient (Wildman–Crippen LogP) is 5.01. The third-order valence-electron chi connectivity index (χ3n) is 5.17. The Hall–Kier alpha value is -4.21. The second-order valence-corrected chi connectivity index (χ2v) is 7.79. The normalized spacial score (nSPS) is 10.9. The molecule has 2 amide bonds. The van der Waals surface area contributed by atoms with Crippen LogP contribution in [0.4, 0.5) is 18.9 Å². The number of nitrogens with one attached hydrogen (secondary N) is 1. The zero-order chi connectivity index (χ0) is 26.3. The first kappa shape index (κ1) is 26.4. The molecular formula is C26H25F3N2O5. The standard InChI is InChI=1S/C26H25F3N2O5/c1-31(15-17-7-10-21(34-2)11-8-17)25(33)18-9-12-22(23(13-18)35-3)36-16-24(32)30-20-6-4-5-19(14-20)26(27,28)29/h4-14H,15-16H2,1-3H3,(H,30,32). The van der Waals surface area contributed by atoms with Gasteiger partial charge in [0.05, 0.1) is 19.8 Å². The summed E-state index contributed by atoms with van der Waals surface area (Å²) in [5, 5.41) is 2.36. The molecule has 0 fully saturated rings.